The Hall–Kier alpha value is -1.67. The van der Waals surface area contributed by atoms with Gasteiger partial charge in [0, 0.05) is 0 Å². The second kappa shape index (κ2) is 4.22. The predicted octanol–water partition coefficient (Wildman–Crippen LogP) is -1.63. The van der Waals surface area contributed by atoms with Gasteiger partial charge in [-0.15, -0.1) is 0 Å². The fourth-order valence-corrected chi connectivity index (χ4v) is 2.27. The van der Waals surface area contributed by atoms with E-state index in [1.54, 1.807) is 17.1 Å². The van der Waals surface area contributed by atoms with Crippen LogP contribution in [0.3, 0.4) is 0 Å². The van der Waals surface area contributed by atoms with Gasteiger partial charge >= 0.3 is 7.98 Å². The summed E-state index contributed by atoms with van der Waals surface area (Å²) < 4.78 is 9.32. The molecule has 1 aliphatic rings. The molecule has 1 saturated heterocycles. The molecular formula is C10H15BN5O2+. The maximum atomic E-state index is 9.09. The molecule has 1 fully saturated rings. The molecule has 0 amide bonds. The van der Waals surface area contributed by atoms with Crippen LogP contribution in [0.4, 0.5) is 5.82 Å². The van der Waals surface area contributed by atoms with Crippen molar-refractivity contribution in [3.05, 3.63) is 12.7 Å². The largest absolute Gasteiger partial charge is 0.394 e. The number of hydrogen-bond acceptors (Lipinski definition) is 5. The average molecular weight is 248 g/mol. The monoisotopic (exact) mass is 248 g/mol. The third-order valence-electron chi connectivity index (χ3n) is 3.34. The lowest BCUT2D eigenvalue weighted by atomic mass is 10.2. The van der Waals surface area contributed by atoms with Crippen molar-refractivity contribution in [2.75, 3.05) is 12.3 Å². The van der Waals surface area contributed by atoms with Crippen LogP contribution in [0.25, 0.3) is 11.2 Å². The van der Waals surface area contributed by atoms with E-state index >= 15 is 0 Å². The number of aromatic nitrogens is 4. The van der Waals surface area contributed by atoms with Crippen molar-refractivity contribution in [2.24, 2.45) is 0 Å². The molecule has 3 heterocycles. The van der Waals surface area contributed by atoms with Crippen LogP contribution in [0.15, 0.2) is 12.7 Å². The minimum absolute atomic E-state index is 0.0493. The highest BCUT2D eigenvalue weighted by molar-refractivity contribution is 5.97. The van der Waals surface area contributed by atoms with Gasteiger partial charge in [0.2, 0.25) is 17.8 Å². The normalized spacial score (nSPS) is 23.8. The molecule has 2 atom stereocenters. The first-order valence-electron chi connectivity index (χ1n) is 5.93. The number of imidazole rings is 1. The Labute approximate surface area is 105 Å². The Balaban J connectivity index is 2.01. The Bertz CT molecular complexity index is 587. The van der Waals surface area contributed by atoms with E-state index in [4.69, 9.17) is 15.6 Å². The third kappa shape index (κ3) is 1.65. The summed E-state index contributed by atoms with van der Waals surface area (Å²) in [5, 5.41) is 9.09. The molecule has 0 unspecified atom stereocenters. The van der Waals surface area contributed by atoms with Crippen LogP contribution in [-0.4, -0.2) is 40.3 Å². The van der Waals surface area contributed by atoms with E-state index in [0.717, 1.165) is 12.8 Å². The van der Waals surface area contributed by atoms with Crippen LogP contribution in [-0.2, 0) is 4.74 Å². The summed E-state index contributed by atoms with van der Waals surface area (Å²) in [5.41, 5.74) is 7.34. The number of nitrogens with zero attached hydrogens (tertiary/aromatic N) is 4. The molecule has 3 N–H and O–H groups in total. The van der Waals surface area contributed by atoms with Gasteiger partial charge in [-0.05, 0) is 12.8 Å². The van der Waals surface area contributed by atoms with Gasteiger partial charge in [-0.2, -0.15) is 0 Å². The van der Waals surface area contributed by atoms with Crippen molar-refractivity contribution in [3.8, 4) is 0 Å². The highest BCUT2D eigenvalue weighted by Crippen LogP contribution is 2.30. The van der Waals surface area contributed by atoms with E-state index in [1.165, 1.54) is 0 Å². The first-order valence-corrected chi connectivity index (χ1v) is 5.93. The Morgan fingerprint density at radius 1 is 1.56 bits per heavy atom. The highest BCUT2D eigenvalue weighted by atomic mass is 16.5. The van der Waals surface area contributed by atoms with Gasteiger partial charge in [0.1, 0.15) is 12.6 Å². The minimum Gasteiger partial charge on any atom is -0.394 e. The summed E-state index contributed by atoms with van der Waals surface area (Å²) in [6, 6.07) is 0. The number of aliphatic hydroxyl groups is 1. The van der Waals surface area contributed by atoms with Crippen LogP contribution in [0.5, 0.6) is 0 Å². The molecule has 2 aromatic heterocycles. The lowest BCUT2D eigenvalue weighted by molar-refractivity contribution is -0.507. The zero-order chi connectivity index (χ0) is 12.7. The van der Waals surface area contributed by atoms with E-state index in [9.17, 15) is 0 Å². The summed E-state index contributed by atoms with van der Waals surface area (Å²) in [7, 11) is 1.83. The minimum atomic E-state index is -0.119. The molecule has 3 rings (SSSR count). The fraction of sp³-hybridized carbons (Fsp3) is 0.500. The molecule has 0 bridgehead atoms. The van der Waals surface area contributed by atoms with Crippen LogP contribution >= 0.6 is 0 Å². The van der Waals surface area contributed by atoms with Crippen molar-refractivity contribution in [1.29, 1.82) is 0 Å². The van der Waals surface area contributed by atoms with Gasteiger partial charge in [0.15, 0.2) is 5.52 Å². The smallest absolute Gasteiger partial charge is 0.307 e. The third-order valence-corrected chi connectivity index (χ3v) is 3.34. The molecule has 0 aromatic carbocycles. The number of nitrogens with two attached hydrogens (primary N) is 1. The molecule has 1 aliphatic heterocycles. The summed E-state index contributed by atoms with van der Waals surface area (Å²) in [5.74, 6) is 0.579. The maximum absolute atomic E-state index is 9.09. The SMILES string of the molecule is B[n+]1cnc2c(ncn2[C@H]2CC[C@@H](CO)O2)c1N. The number of aliphatic hydroxyl groups excluding tert-OH is 1. The first kappa shape index (κ1) is 11.4. The van der Waals surface area contributed by atoms with Crippen LogP contribution in [0.2, 0.25) is 0 Å². The van der Waals surface area contributed by atoms with Gasteiger partial charge in [-0.3, -0.25) is 4.57 Å². The van der Waals surface area contributed by atoms with Gasteiger partial charge < -0.3 is 20.1 Å². The zero-order valence-corrected chi connectivity index (χ0v) is 10.2. The molecule has 0 saturated carbocycles. The Morgan fingerprint density at radius 2 is 2.39 bits per heavy atom. The second-order valence-electron chi connectivity index (χ2n) is 4.54. The number of nitrogen functional groups attached to an aromatic ring is 1. The van der Waals surface area contributed by atoms with E-state index < -0.39 is 0 Å². The van der Waals surface area contributed by atoms with Gasteiger partial charge in [0.05, 0.1) is 12.7 Å². The van der Waals surface area contributed by atoms with E-state index in [0.29, 0.717) is 17.0 Å². The topological polar surface area (TPSA) is 90.1 Å². The standard InChI is InChI=1S/C10H14BN5O2/c11-16-5-14-10-8(9(16)12)13-4-15(10)7-2-1-6(3-17)18-7/h4-7,12,17H,1-3,11H2/p+1/t6-,7+/m0/s1. The molecule has 94 valence electrons. The number of ether oxygens (including phenoxy) is 1. The Morgan fingerprint density at radius 3 is 3.11 bits per heavy atom. The van der Waals surface area contributed by atoms with Crippen molar-refractivity contribution in [3.63, 3.8) is 0 Å². The molecule has 18 heavy (non-hydrogen) atoms. The van der Waals surface area contributed by atoms with E-state index in [-0.39, 0.29) is 18.9 Å². The van der Waals surface area contributed by atoms with Crippen LogP contribution < -0.4 is 10.2 Å². The summed E-state index contributed by atoms with van der Waals surface area (Å²) >= 11 is 0. The second-order valence-corrected chi connectivity index (χ2v) is 4.54. The van der Waals surface area contributed by atoms with Gasteiger partial charge in [-0.1, -0.05) is 4.98 Å². The zero-order valence-electron chi connectivity index (χ0n) is 10.2. The Kier molecular flexibility index (Phi) is 2.68. The fourth-order valence-electron chi connectivity index (χ4n) is 2.27. The van der Waals surface area contributed by atoms with Crippen molar-refractivity contribution in [1.82, 2.24) is 14.5 Å². The number of hydrogen-bond donors (Lipinski definition) is 2. The molecule has 2 aromatic rings. The molecule has 0 aliphatic carbocycles. The lowest BCUT2D eigenvalue weighted by Gasteiger charge is -2.12. The molecule has 7 nitrogen and oxygen atoms in total. The average Bonchev–Trinajstić information content (AvgIpc) is 2.99. The maximum Gasteiger partial charge on any atom is 0.307 e. The van der Waals surface area contributed by atoms with Crippen molar-refractivity contribution in [2.45, 2.75) is 25.2 Å². The highest BCUT2D eigenvalue weighted by Gasteiger charge is 2.28. The number of fused-ring (bicyclic) bond motifs is 1. The molecular weight excluding hydrogens is 233 g/mol. The van der Waals surface area contributed by atoms with Crippen LogP contribution in [0.1, 0.15) is 19.1 Å². The lowest BCUT2D eigenvalue weighted by Crippen LogP contribution is -2.35. The molecule has 8 heteroatoms. The quantitative estimate of drug-likeness (QED) is 0.622. The number of anilines is 1. The van der Waals surface area contributed by atoms with Crippen molar-refractivity contribution < 1.29 is 14.3 Å². The van der Waals surface area contributed by atoms with Gasteiger partial charge in [0.25, 0.3) is 0 Å². The number of rotatable bonds is 2. The van der Waals surface area contributed by atoms with Crippen LogP contribution in [0, 0.1) is 0 Å². The summed E-state index contributed by atoms with van der Waals surface area (Å²) in [4.78, 5) is 8.62. The summed E-state index contributed by atoms with van der Waals surface area (Å²) in [6.45, 7) is 0.0493. The van der Waals surface area contributed by atoms with E-state index in [1.807, 2.05) is 12.5 Å². The first-order chi connectivity index (χ1) is 8.70. The summed E-state index contributed by atoms with van der Waals surface area (Å²) in [6.07, 6.45) is 4.83. The van der Waals surface area contributed by atoms with E-state index in [2.05, 4.69) is 9.97 Å². The van der Waals surface area contributed by atoms with Crippen molar-refractivity contribution >= 4 is 25.0 Å². The predicted molar refractivity (Wildman–Crippen MR) is 66.3 cm³/mol. The van der Waals surface area contributed by atoms with Gasteiger partial charge in [-0.25, -0.2) is 4.98 Å². The molecule has 0 spiro atoms. The molecule has 0 radical (unpaired) electrons.